The second-order valence-corrected chi connectivity index (χ2v) is 7.56. The van der Waals surface area contributed by atoms with E-state index >= 15 is 0 Å². The van der Waals surface area contributed by atoms with E-state index in [1.54, 1.807) is 18.6 Å². The fraction of sp³-hybridized carbons (Fsp3) is 0.550. The molecule has 2 saturated heterocycles. The van der Waals surface area contributed by atoms with Crippen molar-refractivity contribution in [2.24, 2.45) is 0 Å². The highest BCUT2D eigenvalue weighted by Gasteiger charge is 2.31. The van der Waals surface area contributed by atoms with E-state index in [2.05, 4.69) is 15.0 Å². The molecule has 0 bridgehead atoms. The normalized spacial score (nSPS) is 20.4. The second kappa shape index (κ2) is 8.18. The Morgan fingerprint density at radius 2 is 2.00 bits per heavy atom. The Hall–Kier alpha value is -2.61. The molecule has 4 heterocycles. The van der Waals surface area contributed by atoms with Gasteiger partial charge in [0.25, 0.3) is 5.91 Å². The molecule has 8 nitrogen and oxygen atoms in total. The lowest BCUT2D eigenvalue weighted by molar-refractivity contribution is -0.142. The minimum Gasteiger partial charge on any atom is -0.368 e. The van der Waals surface area contributed by atoms with Gasteiger partial charge in [-0.2, -0.15) is 0 Å². The van der Waals surface area contributed by atoms with E-state index in [0.717, 1.165) is 50.3 Å². The molecule has 2 aromatic heterocycles. The van der Waals surface area contributed by atoms with Gasteiger partial charge in [-0.05, 0) is 25.7 Å². The van der Waals surface area contributed by atoms with Crippen molar-refractivity contribution in [3.8, 4) is 11.5 Å². The van der Waals surface area contributed by atoms with Crippen molar-refractivity contribution in [2.45, 2.75) is 37.7 Å². The number of ether oxygens (including phenoxy) is 1. The fourth-order valence-electron chi connectivity index (χ4n) is 3.79. The van der Waals surface area contributed by atoms with Crippen LogP contribution in [0.25, 0.3) is 11.5 Å². The predicted molar refractivity (Wildman–Crippen MR) is 105 cm³/mol. The maximum atomic E-state index is 12.6. The zero-order valence-corrected chi connectivity index (χ0v) is 16.4. The SMILES string of the molecule is CN(C)c1cc(C2CCN(C(=O)C3CCCO3)CC2)nc(-c2cnccn2)n1. The third kappa shape index (κ3) is 3.96. The first-order valence-corrected chi connectivity index (χ1v) is 9.85. The summed E-state index contributed by atoms with van der Waals surface area (Å²) >= 11 is 0. The van der Waals surface area contributed by atoms with Crippen LogP contribution >= 0.6 is 0 Å². The number of anilines is 1. The van der Waals surface area contributed by atoms with E-state index in [4.69, 9.17) is 9.72 Å². The monoisotopic (exact) mass is 382 g/mol. The van der Waals surface area contributed by atoms with E-state index in [1.807, 2.05) is 30.0 Å². The van der Waals surface area contributed by atoms with Crippen LogP contribution in [0, 0.1) is 0 Å². The lowest BCUT2D eigenvalue weighted by Gasteiger charge is -2.33. The van der Waals surface area contributed by atoms with Crippen molar-refractivity contribution in [1.82, 2.24) is 24.8 Å². The van der Waals surface area contributed by atoms with Gasteiger partial charge in [0.15, 0.2) is 5.82 Å². The summed E-state index contributed by atoms with van der Waals surface area (Å²) in [6.45, 7) is 2.18. The van der Waals surface area contributed by atoms with Crippen LogP contribution in [0.15, 0.2) is 24.7 Å². The Morgan fingerprint density at radius 3 is 2.64 bits per heavy atom. The molecule has 0 N–H and O–H groups in total. The average molecular weight is 382 g/mol. The summed E-state index contributed by atoms with van der Waals surface area (Å²) in [6, 6.07) is 2.04. The number of piperidine rings is 1. The van der Waals surface area contributed by atoms with Crippen LogP contribution in [-0.4, -0.2) is 70.6 Å². The number of hydrogen-bond acceptors (Lipinski definition) is 7. The van der Waals surface area contributed by atoms with Crippen molar-refractivity contribution >= 4 is 11.7 Å². The molecule has 0 radical (unpaired) electrons. The Labute approximate surface area is 165 Å². The minimum atomic E-state index is -0.237. The zero-order chi connectivity index (χ0) is 19.5. The van der Waals surface area contributed by atoms with Gasteiger partial charge in [-0.15, -0.1) is 0 Å². The number of rotatable bonds is 4. The minimum absolute atomic E-state index is 0.146. The highest BCUT2D eigenvalue weighted by Crippen LogP contribution is 2.30. The summed E-state index contributed by atoms with van der Waals surface area (Å²) < 4.78 is 5.56. The highest BCUT2D eigenvalue weighted by molar-refractivity contribution is 5.81. The van der Waals surface area contributed by atoms with Crippen molar-refractivity contribution in [2.75, 3.05) is 38.7 Å². The molecule has 0 aliphatic carbocycles. The van der Waals surface area contributed by atoms with E-state index in [9.17, 15) is 4.79 Å². The first kappa shape index (κ1) is 18.7. The molecule has 0 saturated carbocycles. The van der Waals surface area contributed by atoms with Gasteiger partial charge in [0.1, 0.15) is 17.6 Å². The van der Waals surface area contributed by atoms with Crippen molar-refractivity contribution in [3.05, 3.63) is 30.4 Å². The molecular weight excluding hydrogens is 356 g/mol. The molecule has 1 atom stereocenters. The Morgan fingerprint density at radius 1 is 1.18 bits per heavy atom. The van der Waals surface area contributed by atoms with Crippen LogP contribution in [0.1, 0.15) is 37.3 Å². The summed E-state index contributed by atoms with van der Waals surface area (Å²) in [5, 5.41) is 0. The Bertz CT molecular complexity index is 815. The molecular formula is C20H26N6O2. The number of carbonyl (C=O) groups excluding carboxylic acids is 1. The maximum absolute atomic E-state index is 12.6. The van der Waals surface area contributed by atoms with Gasteiger partial charge >= 0.3 is 0 Å². The number of hydrogen-bond donors (Lipinski definition) is 0. The summed E-state index contributed by atoms with van der Waals surface area (Å²) in [4.78, 5) is 34.4. The molecule has 148 valence electrons. The molecule has 4 rings (SSSR count). The largest absolute Gasteiger partial charge is 0.368 e. The molecule has 2 fully saturated rings. The molecule has 1 unspecified atom stereocenters. The van der Waals surface area contributed by atoms with Gasteiger partial charge in [0.05, 0.1) is 6.20 Å². The number of likely N-dealkylation sites (tertiary alicyclic amines) is 1. The van der Waals surface area contributed by atoms with Crippen LogP contribution < -0.4 is 4.90 Å². The summed E-state index contributed by atoms with van der Waals surface area (Å²) in [7, 11) is 3.94. The van der Waals surface area contributed by atoms with Crippen molar-refractivity contribution in [3.63, 3.8) is 0 Å². The van der Waals surface area contributed by atoms with Crippen LogP contribution in [0.4, 0.5) is 5.82 Å². The Kier molecular flexibility index (Phi) is 5.47. The smallest absolute Gasteiger partial charge is 0.251 e. The van der Waals surface area contributed by atoms with Crippen LogP contribution in [-0.2, 0) is 9.53 Å². The van der Waals surface area contributed by atoms with Gasteiger partial charge in [-0.3, -0.25) is 9.78 Å². The predicted octanol–water partition coefficient (Wildman–Crippen LogP) is 1.88. The van der Waals surface area contributed by atoms with Gasteiger partial charge in [-0.1, -0.05) is 0 Å². The second-order valence-electron chi connectivity index (χ2n) is 7.56. The van der Waals surface area contributed by atoms with Gasteiger partial charge < -0.3 is 14.5 Å². The number of nitrogens with zero attached hydrogens (tertiary/aromatic N) is 6. The zero-order valence-electron chi connectivity index (χ0n) is 16.4. The van der Waals surface area contributed by atoms with Gasteiger partial charge in [0, 0.05) is 63.9 Å². The molecule has 28 heavy (non-hydrogen) atoms. The van der Waals surface area contributed by atoms with Crippen LogP contribution in [0.5, 0.6) is 0 Å². The van der Waals surface area contributed by atoms with E-state index in [-0.39, 0.29) is 12.0 Å². The van der Waals surface area contributed by atoms with Gasteiger partial charge in [-0.25, -0.2) is 15.0 Å². The lowest BCUT2D eigenvalue weighted by Crippen LogP contribution is -2.43. The van der Waals surface area contributed by atoms with Gasteiger partial charge in [0.2, 0.25) is 0 Å². The first-order chi connectivity index (χ1) is 13.6. The molecule has 2 aliphatic heterocycles. The lowest BCUT2D eigenvalue weighted by atomic mass is 9.92. The van der Waals surface area contributed by atoms with E-state index in [0.29, 0.717) is 24.0 Å². The van der Waals surface area contributed by atoms with E-state index < -0.39 is 0 Å². The average Bonchev–Trinajstić information content (AvgIpc) is 3.28. The highest BCUT2D eigenvalue weighted by atomic mass is 16.5. The molecule has 0 spiro atoms. The molecule has 8 heteroatoms. The number of aromatic nitrogens is 4. The summed E-state index contributed by atoms with van der Waals surface area (Å²) in [5.74, 6) is 1.88. The summed E-state index contributed by atoms with van der Waals surface area (Å²) in [5.41, 5.74) is 1.67. The van der Waals surface area contributed by atoms with Crippen LogP contribution in [0.2, 0.25) is 0 Å². The fourth-order valence-corrected chi connectivity index (χ4v) is 3.79. The topological polar surface area (TPSA) is 84.3 Å². The molecule has 1 amide bonds. The summed E-state index contributed by atoms with van der Waals surface area (Å²) in [6.07, 6.45) is 8.34. The van der Waals surface area contributed by atoms with Crippen molar-refractivity contribution in [1.29, 1.82) is 0 Å². The quantitative estimate of drug-likeness (QED) is 0.798. The number of amides is 1. The molecule has 2 aromatic rings. The Balaban J connectivity index is 1.51. The van der Waals surface area contributed by atoms with E-state index in [1.165, 1.54) is 0 Å². The van der Waals surface area contributed by atoms with Crippen molar-refractivity contribution < 1.29 is 9.53 Å². The third-order valence-electron chi connectivity index (χ3n) is 5.41. The standard InChI is InChI=1S/C20H26N6O2/c1-25(2)18-12-15(23-19(24-18)16-13-21-7-8-22-16)14-5-9-26(10-6-14)20(27)17-4-3-11-28-17/h7-8,12-14,17H,3-6,9-11H2,1-2H3. The number of carbonyl (C=O) groups is 1. The maximum Gasteiger partial charge on any atom is 0.251 e. The molecule has 0 aromatic carbocycles. The first-order valence-electron chi connectivity index (χ1n) is 9.85. The third-order valence-corrected chi connectivity index (χ3v) is 5.41. The van der Waals surface area contributed by atoms with Crippen LogP contribution in [0.3, 0.4) is 0 Å². The molecule has 2 aliphatic rings.